The van der Waals surface area contributed by atoms with Crippen LogP contribution in [-0.4, -0.2) is 54.8 Å². The molecule has 0 aliphatic carbocycles. The van der Waals surface area contributed by atoms with Crippen molar-refractivity contribution in [2.45, 2.75) is 46.8 Å². The molecule has 0 aromatic heterocycles. The summed E-state index contributed by atoms with van der Waals surface area (Å²) < 4.78 is 11.1. The maximum absolute atomic E-state index is 12.1. The molecule has 1 aliphatic rings. The second-order valence-corrected chi connectivity index (χ2v) is 7.40. The lowest BCUT2D eigenvalue weighted by molar-refractivity contribution is 0.0930. The third-order valence-electron chi connectivity index (χ3n) is 4.06. The van der Waals surface area contributed by atoms with Crippen LogP contribution in [0.3, 0.4) is 0 Å². The zero-order valence-corrected chi connectivity index (χ0v) is 16.0. The van der Waals surface area contributed by atoms with Gasteiger partial charge in [0.25, 0.3) is 0 Å². The quantitative estimate of drug-likeness (QED) is 0.785. The SMILES string of the molecule is CC(C)COC(=O)N1CCCN(Cc2cccc(OC(C)C)c2)CC1. The fourth-order valence-electron chi connectivity index (χ4n) is 2.89. The molecule has 1 aromatic carbocycles. The first-order valence-electron chi connectivity index (χ1n) is 9.33. The zero-order valence-electron chi connectivity index (χ0n) is 16.0. The van der Waals surface area contributed by atoms with Gasteiger partial charge in [0.2, 0.25) is 0 Å². The number of nitrogens with zero attached hydrogens (tertiary/aromatic N) is 2. The fraction of sp³-hybridized carbons (Fsp3) is 0.650. The van der Waals surface area contributed by atoms with Crippen molar-refractivity contribution in [2.75, 3.05) is 32.8 Å². The maximum atomic E-state index is 12.1. The summed E-state index contributed by atoms with van der Waals surface area (Å²) in [5, 5.41) is 0. The van der Waals surface area contributed by atoms with E-state index >= 15 is 0 Å². The Labute approximate surface area is 151 Å². The molecule has 0 saturated carbocycles. The van der Waals surface area contributed by atoms with Gasteiger partial charge >= 0.3 is 6.09 Å². The van der Waals surface area contributed by atoms with Crippen LogP contribution in [0.15, 0.2) is 24.3 Å². The summed E-state index contributed by atoms with van der Waals surface area (Å²) in [6, 6.07) is 8.28. The lowest BCUT2D eigenvalue weighted by Gasteiger charge is -2.22. The third kappa shape index (κ3) is 6.94. The van der Waals surface area contributed by atoms with E-state index in [-0.39, 0.29) is 12.2 Å². The molecule has 5 nitrogen and oxygen atoms in total. The second kappa shape index (κ2) is 9.66. The minimum Gasteiger partial charge on any atom is -0.491 e. The van der Waals surface area contributed by atoms with Crippen LogP contribution in [-0.2, 0) is 11.3 Å². The van der Waals surface area contributed by atoms with Gasteiger partial charge in [-0.05, 0) is 43.9 Å². The lowest BCUT2D eigenvalue weighted by Crippen LogP contribution is -2.36. The Balaban J connectivity index is 1.85. The van der Waals surface area contributed by atoms with E-state index in [4.69, 9.17) is 9.47 Å². The summed E-state index contributed by atoms with van der Waals surface area (Å²) in [6.07, 6.45) is 0.973. The predicted molar refractivity (Wildman–Crippen MR) is 99.9 cm³/mol. The standard InChI is InChI=1S/C20H32N2O3/c1-16(2)15-24-20(23)22-10-6-9-21(11-12-22)14-18-7-5-8-19(13-18)25-17(3)4/h5,7-8,13,16-17H,6,9-12,14-15H2,1-4H3. The maximum Gasteiger partial charge on any atom is 0.409 e. The molecule has 2 rings (SSSR count). The molecule has 5 heteroatoms. The average molecular weight is 348 g/mol. The van der Waals surface area contributed by atoms with Crippen LogP contribution < -0.4 is 4.74 Å². The molecule has 1 amide bonds. The molecule has 1 aliphatic heterocycles. The smallest absolute Gasteiger partial charge is 0.409 e. The summed E-state index contributed by atoms with van der Waals surface area (Å²) in [7, 11) is 0. The van der Waals surface area contributed by atoms with Crippen LogP contribution in [0.25, 0.3) is 0 Å². The summed E-state index contributed by atoms with van der Waals surface area (Å²) in [4.78, 5) is 16.4. The average Bonchev–Trinajstić information content (AvgIpc) is 2.78. The van der Waals surface area contributed by atoms with Gasteiger partial charge in [-0.25, -0.2) is 4.79 Å². The molecule has 0 atom stereocenters. The van der Waals surface area contributed by atoms with Crippen LogP contribution in [0.4, 0.5) is 4.79 Å². The molecular weight excluding hydrogens is 316 g/mol. The van der Waals surface area contributed by atoms with Crippen molar-refractivity contribution in [2.24, 2.45) is 5.92 Å². The Morgan fingerprint density at radius 3 is 2.64 bits per heavy atom. The second-order valence-electron chi connectivity index (χ2n) is 7.40. The first kappa shape index (κ1) is 19.6. The van der Waals surface area contributed by atoms with Gasteiger partial charge in [0.05, 0.1) is 12.7 Å². The van der Waals surface area contributed by atoms with Crippen molar-refractivity contribution in [3.63, 3.8) is 0 Å². The molecule has 25 heavy (non-hydrogen) atoms. The Bertz CT molecular complexity index is 545. The summed E-state index contributed by atoms with van der Waals surface area (Å²) in [6.45, 7) is 12.9. The molecule has 1 saturated heterocycles. The highest BCUT2D eigenvalue weighted by Gasteiger charge is 2.20. The topological polar surface area (TPSA) is 42.0 Å². The Morgan fingerprint density at radius 1 is 1.12 bits per heavy atom. The van der Waals surface area contributed by atoms with Crippen LogP contribution in [0.2, 0.25) is 0 Å². The van der Waals surface area contributed by atoms with Gasteiger partial charge in [0, 0.05) is 32.7 Å². The van der Waals surface area contributed by atoms with Crippen LogP contribution >= 0.6 is 0 Å². The molecule has 0 spiro atoms. The van der Waals surface area contributed by atoms with Crippen molar-refractivity contribution in [3.8, 4) is 5.75 Å². The van der Waals surface area contributed by atoms with Crippen molar-refractivity contribution in [1.82, 2.24) is 9.80 Å². The van der Waals surface area contributed by atoms with Crippen molar-refractivity contribution in [3.05, 3.63) is 29.8 Å². The van der Waals surface area contributed by atoms with Gasteiger partial charge in [-0.2, -0.15) is 0 Å². The predicted octanol–water partition coefficient (Wildman–Crippen LogP) is 3.77. The number of hydrogen-bond donors (Lipinski definition) is 0. The van der Waals surface area contributed by atoms with Crippen LogP contribution in [0.5, 0.6) is 5.75 Å². The summed E-state index contributed by atoms with van der Waals surface area (Å²) >= 11 is 0. The minimum absolute atomic E-state index is 0.178. The van der Waals surface area contributed by atoms with Gasteiger partial charge < -0.3 is 14.4 Å². The van der Waals surface area contributed by atoms with Gasteiger partial charge in [-0.3, -0.25) is 4.90 Å². The number of amides is 1. The van der Waals surface area contributed by atoms with E-state index < -0.39 is 0 Å². The molecule has 0 N–H and O–H groups in total. The third-order valence-corrected chi connectivity index (χ3v) is 4.06. The molecule has 1 aromatic rings. The normalized spacial score (nSPS) is 16.2. The number of hydrogen-bond acceptors (Lipinski definition) is 4. The zero-order chi connectivity index (χ0) is 18.2. The molecule has 0 unspecified atom stereocenters. The fourth-order valence-corrected chi connectivity index (χ4v) is 2.89. The molecule has 1 fully saturated rings. The van der Waals surface area contributed by atoms with Crippen molar-refractivity contribution < 1.29 is 14.3 Å². The van der Waals surface area contributed by atoms with E-state index in [0.717, 1.165) is 44.9 Å². The first-order valence-corrected chi connectivity index (χ1v) is 9.33. The number of rotatable bonds is 6. The van der Waals surface area contributed by atoms with E-state index in [9.17, 15) is 4.79 Å². The van der Waals surface area contributed by atoms with E-state index in [1.54, 1.807) is 0 Å². The van der Waals surface area contributed by atoms with Gasteiger partial charge in [0.15, 0.2) is 0 Å². The number of benzene rings is 1. The molecule has 0 radical (unpaired) electrons. The van der Waals surface area contributed by atoms with Gasteiger partial charge in [-0.15, -0.1) is 0 Å². The van der Waals surface area contributed by atoms with E-state index in [1.807, 2.05) is 30.9 Å². The van der Waals surface area contributed by atoms with Crippen molar-refractivity contribution in [1.29, 1.82) is 0 Å². The molecule has 0 bridgehead atoms. The summed E-state index contributed by atoms with van der Waals surface area (Å²) in [5.74, 6) is 1.29. The van der Waals surface area contributed by atoms with E-state index in [1.165, 1.54) is 5.56 Å². The molecular formula is C20H32N2O3. The minimum atomic E-state index is -0.178. The number of ether oxygens (including phenoxy) is 2. The van der Waals surface area contributed by atoms with E-state index in [2.05, 4.69) is 30.9 Å². The molecule has 1 heterocycles. The van der Waals surface area contributed by atoms with Gasteiger partial charge in [-0.1, -0.05) is 26.0 Å². The monoisotopic (exact) mass is 348 g/mol. The first-order chi connectivity index (χ1) is 11.9. The van der Waals surface area contributed by atoms with E-state index in [0.29, 0.717) is 12.5 Å². The highest BCUT2D eigenvalue weighted by molar-refractivity contribution is 5.67. The number of carbonyl (C=O) groups excluding carboxylic acids is 1. The number of carbonyl (C=O) groups is 1. The Morgan fingerprint density at radius 2 is 1.92 bits per heavy atom. The Kier molecular flexibility index (Phi) is 7.56. The summed E-state index contributed by atoms with van der Waals surface area (Å²) in [5.41, 5.74) is 1.24. The molecule has 140 valence electrons. The largest absolute Gasteiger partial charge is 0.491 e. The highest BCUT2D eigenvalue weighted by Crippen LogP contribution is 2.17. The van der Waals surface area contributed by atoms with Gasteiger partial charge in [0.1, 0.15) is 5.75 Å². The van der Waals surface area contributed by atoms with Crippen molar-refractivity contribution >= 4 is 6.09 Å². The van der Waals surface area contributed by atoms with Crippen LogP contribution in [0, 0.1) is 5.92 Å². The van der Waals surface area contributed by atoms with Crippen LogP contribution in [0.1, 0.15) is 39.7 Å². The highest BCUT2D eigenvalue weighted by atomic mass is 16.6. The Hall–Kier alpha value is -1.75. The lowest BCUT2D eigenvalue weighted by atomic mass is 10.2.